The number of hydrogen-bond acceptors (Lipinski definition) is 3. The number of carbonyl (C=O) groups is 2. The molecule has 1 fully saturated rings. The van der Waals surface area contributed by atoms with E-state index in [1.807, 2.05) is 20.8 Å². The fourth-order valence-corrected chi connectivity index (χ4v) is 2.39. The van der Waals surface area contributed by atoms with E-state index >= 15 is 0 Å². The van der Waals surface area contributed by atoms with Crippen LogP contribution in [0.2, 0.25) is 0 Å². The molecule has 0 aromatic rings. The van der Waals surface area contributed by atoms with Crippen LogP contribution in [0.4, 0.5) is 4.79 Å². The molecule has 4 heteroatoms. The lowest BCUT2D eigenvalue weighted by Gasteiger charge is -2.25. The van der Waals surface area contributed by atoms with Gasteiger partial charge in [-0.05, 0) is 33.1 Å². The highest BCUT2D eigenvalue weighted by molar-refractivity contribution is 5.73. The van der Waals surface area contributed by atoms with Crippen molar-refractivity contribution in [3.63, 3.8) is 0 Å². The summed E-state index contributed by atoms with van der Waals surface area (Å²) in [5, 5.41) is 2.64. The highest BCUT2D eigenvalue weighted by atomic mass is 16.6. The van der Waals surface area contributed by atoms with E-state index in [0.717, 1.165) is 12.7 Å². The van der Waals surface area contributed by atoms with Crippen LogP contribution in [0.15, 0.2) is 0 Å². The highest BCUT2D eigenvalue weighted by Gasteiger charge is 2.22. The number of hydrogen-bond donors (Lipinski definition) is 1. The first-order chi connectivity index (χ1) is 8.40. The Morgan fingerprint density at radius 1 is 1.33 bits per heavy atom. The molecule has 1 amide bonds. The number of nitrogens with one attached hydrogen (secondary N) is 1. The van der Waals surface area contributed by atoms with E-state index < -0.39 is 17.7 Å². The van der Waals surface area contributed by atoms with Crippen LogP contribution in [-0.2, 0) is 9.53 Å². The Morgan fingerprint density at radius 3 is 2.44 bits per heavy atom. The minimum Gasteiger partial charge on any atom is -0.444 e. The lowest BCUT2D eigenvalue weighted by molar-refractivity contribution is -0.110. The van der Waals surface area contributed by atoms with Gasteiger partial charge >= 0.3 is 6.09 Å². The molecule has 1 unspecified atom stereocenters. The van der Waals surface area contributed by atoms with Gasteiger partial charge in [-0.25, -0.2) is 4.79 Å². The van der Waals surface area contributed by atoms with E-state index in [9.17, 15) is 9.59 Å². The van der Waals surface area contributed by atoms with Crippen molar-refractivity contribution in [1.82, 2.24) is 5.32 Å². The third-order valence-corrected chi connectivity index (χ3v) is 3.18. The summed E-state index contributed by atoms with van der Waals surface area (Å²) in [6, 6.07) is -0.414. The monoisotopic (exact) mass is 255 g/mol. The van der Waals surface area contributed by atoms with Crippen LogP contribution in [0.5, 0.6) is 0 Å². The number of carbonyl (C=O) groups excluding carboxylic acids is 2. The van der Waals surface area contributed by atoms with E-state index in [-0.39, 0.29) is 0 Å². The van der Waals surface area contributed by atoms with Gasteiger partial charge in [0.1, 0.15) is 11.9 Å². The summed E-state index contributed by atoms with van der Waals surface area (Å²) < 4.78 is 5.15. The minimum absolute atomic E-state index is 0.414. The van der Waals surface area contributed by atoms with Crippen LogP contribution in [0, 0.1) is 5.92 Å². The first-order valence-electron chi connectivity index (χ1n) is 6.85. The van der Waals surface area contributed by atoms with E-state index in [1.165, 1.54) is 32.1 Å². The molecule has 0 bridgehead atoms. The molecule has 1 aliphatic rings. The molecule has 18 heavy (non-hydrogen) atoms. The molecule has 104 valence electrons. The molecule has 0 saturated heterocycles. The van der Waals surface area contributed by atoms with Crippen molar-refractivity contribution >= 4 is 12.4 Å². The number of rotatable bonds is 4. The molecule has 0 heterocycles. The van der Waals surface area contributed by atoms with Crippen molar-refractivity contribution in [2.24, 2.45) is 5.92 Å². The first-order valence-corrected chi connectivity index (χ1v) is 6.85. The quantitative estimate of drug-likeness (QED) is 0.785. The third-order valence-electron chi connectivity index (χ3n) is 3.18. The van der Waals surface area contributed by atoms with E-state index in [0.29, 0.717) is 5.92 Å². The molecule has 1 atom stereocenters. The van der Waals surface area contributed by atoms with E-state index in [2.05, 4.69) is 5.32 Å². The van der Waals surface area contributed by atoms with Crippen LogP contribution in [0.3, 0.4) is 0 Å². The number of ether oxygens (including phenoxy) is 1. The topological polar surface area (TPSA) is 55.4 Å². The Labute approximate surface area is 109 Å². The van der Waals surface area contributed by atoms with Gasteiger partial charge in [-0.1, -0.05) is 32.1 Å². The van der Waals surface area contributed by atoms with Crippen molar-refractivity contribution in [1.29, 1.82) is 0 Å². The van der Waals surface area contributed by atoms with Gasteiger partial charge in [0.05, 0.1) is 6.04 Å². The van der Waals surface area contributed by atoms with Crippen LogP contribution in [-0.4, -0.2) is 24.0 Å². The molecule has 1 saturated carbocycles. The van der Waals surface area contributed by atoms with E-state index in [4.69, 9.17) is 4.74 Å². The van der Waals surface area contributed by atoms with Crippen molar-refractivity contribution in [3.8, 4) is 0 Å². The first kappa shape index (κ1) is 15.0. The largest absolute Gasteiger partial charge is 0.444 e. The van der Waals surface area contributed by atoms with E-state index in [1.54, 1.807) is 0 Å². The maximum absolute atomic E-state index is 11.6. The standard InChI is InChI=1S/C14H25NO3/c1-14(2,3)18-13(17)15-12(10-16)9-11-7-5-4-6-8-11/h10-12H,4-9H2,1-3H3,(H,15,17). The van der Waals surface area contributed by atoms with Crippen molar-refractivity contribution in [2.75, 3.05) is 0 Å². The zero-order chi connectivity index (χ0) is 13.6. The highest BCUT2D eigenvalue weighted by Crippen LogP contribution is 2.27. The maximum Gasteiger partial charge on any atom is 0.408 e. The fraction of sp³-hybridized carbons (Fsp3) is 0.857. The van der Waals surface area contributed by atoms with Crippen LogP contribution >= 0.6 is 0 Å². The number of alkyl carbamates (subject to hydrolysis) is 1. The van der Waals surface area contributed by atoms with Gasteiger partial charge in [0.2, 0.25) is 0 Å². The second-order valence-electron chi connectivity index (χ2n) is 6.13. The third kappa shape index (κ3) is 6.03. The van der Waals surface area contributed by atoms with Gasteiger partial charge in [-0.3, -0.25) is 0 Å². The Balaban J connectivity index is 2.36. The zero-order valence-electron chi connectivity index (χ0n) is 11.7. The molecule has 0 aromatic carbocycles. The van der Waals surface area contributed by atoms with Crippen LogP contribution in [0.1, 0.15) is 59.3 Å². The average Bonchev–Trinajstić information content (AvgIpc) is 2.27. The smallest absolute Gasteiger partial charge is 0.408 e. The van der Waals surface area contributed by atoms with Crippen LogP contribution in [0.25, 0.3) is 0 Å². The van der Waals surface area contributed by atoms with Gasteiger partial charge in [0, 0.05) is 0 Å². The summed E-state index contributed by atoms with van der Waals surface area (Å²) in [7, 11) is 0. The Kier molecular flexibility index (Phi) is 5.63. The van der Waals surface area contributed by atoms with Gasteiger partial charge in [0.15, 0.2) is 0 Å². The van der Waals surface area contributed by atoms with Gasteiger partial charge in [0.25, 0.3) is 0 Å². The molecular formula is C14H25NO3. The Bertz CT molecular complexity index is 277. The lowest BCUT2D eigenvalue weighted by atomic mass is 9.85. The minimum atomic E-state index is -0.525. The molecule has 0 aliphatic heterocycles. The fourth-order valence-electron chi connectivity index (χ4n) is 2.39. The number of amides is 1. The SMILES string of the molecule is CC(C)(C)OC(=O)NC(C=O)CC1CCCCC1. The summed E-state index contributed by atoms with van der Waals surface area (Å²) >= 11 is 0. The number of aldehydes is 1. The second-order valence-corrected chi connectivity index (χ2v) is 6.13. The average molecular weight is 255 g/mol. The summed E-state index contributed by atoms with van der Waals surface area (Å²) in [4.78, 5) is 22.6. The summed E-state index contributed by atoms with van der Waals surface area (Å²) in [5.41, 5.74) is -0.525. The summed E-state index contributed by atoms with van der Waals surface area (Å²) in [6.45, 7) is 5.43. The van der Waals surface area contributed by atoms with Crippen LogP contribution < -0.4 is 5.32 Å². The molecule has 1 N–H and O–H groups in total. The summed E-state index contributed by atoms with van der Waals surface area (Å²) in [5.74, 6) is 0.559. The predicted octanol–water partition coefficient (Wildman–Crippen LogP) is 3.05. The van der Waals surface area contributed by atoms with Crippen molar-refractivity contribution in [3.05, 3.63) is 0 Å². The maximum atomic E-state index is 11.6. The zero-order valence-corrected chi connectivity index (χ0v) is 11.7. The summed E-state index contributed by atoms with van der Waals surface area (Å²) in [6.07, 6.45) is 7.16. The molecule has 0 spiro atoms. The molecular weight excluding hydrogens is 230 g/mol. The molecule has 0 radical (unpaired) electrons. The van der Waals surface area contributed by atoms with Crippen molar-refractivity contribution < 1.29 is 14.3 Å². The normalized spacial score (nSPS) is 19.1. The van der Waals surface area contributed by atoms with Gasteiger partial charge in [-0.2, -0.15) is 0 Å². The predicted molar refractivity (Wildman–Crippen MR) is 70.4 cm³/mol. The second kappa shape index (κ2) is 6.76. The van der Waals surface area contributed by atoms with Gasteiger partial charge < -0.3 is 14.8 Å². The molecule has 1 rings (SSSR count). The molecule has 0 aromatic heterocycles. The lowest BCUT2D eigenvalue weighted by Crippen LogP contribution is -2.41. The van der Waals surface area contributed by atoms with Crippen molar-refractivity contribution in [2.45, 2.75) is 70.9 Å². The Morgan fingerprint density at radius 2 is 1.94 bits per heavy atom. The molecule has 4 nitrogen and oxygen atoms in total. The van der Waals surface area contributed by atoms with Gasteiger partial charge in [-0.15, -0.1) is 0 Å². The molecule has 1 aliphatic carbocycles. The Hall–Kier alpha value is -1.06.